The third-order valence-corrected chi connectivity index (χ3v) is 4.27. The van der Waals surface area contributed by atoms with Gasteiger partial charge >= 0.3 is 0 Å². The second-order valence-corrected chi connectivity index (χ2v) is 7.08. The largest absolute Gasteiger partial charge is 0.344 e. The SMILES string of the molecule is CCC(CSC)N1CCC(=O)NC(C(C)(C)C)C1=O. The minimum Gasteiger partial charge on any atom is -0.344 e. The van der Waals surface area contributed by atoms with Crippen molar-refractivity contribution in [3.8, 4) is 0 Å². The number of hydrogen-bond donors (Lipinski definition) is 1. The van der Waals surface area contributed by atoms with Crippen LogP contribution in [0.25, 0.3) is 0 Å². The molecule has 0 aromatic heterocycles. The molecule has 1 saturated heterocycles. The van der Waals surface area contributed by atoms with Crippen molar-refractivity contribution in [1.29, 1.82) is 0 Å². The van der Waals surface area contributed by atoms with Gasteiger partial charge < -0.3 is 10.2 Å². The van der Waals surface area contributed by atoms with Gasteiger partial charge in [-0.3, -0.25) is 9.59 Å². The predicted octanol–water partition coefficient (Wildman–Crippen LogP) is 1.89. The van der Waals surface area contributed by atoms with E-state index in [-0.39, 0.29) is 23.3 Å². The molecular weight excluding hydrogens is 260 g/mol. The average molecular weight is 286 g/mol. The summed E-state index contributed by atoms with van der Waals surface area (Å²) in [5.74, 6) is 0.974. The summed E-state index contributed by atoms with van der Waals surface area (Å²) in [6, 6.07) is -0.196. The van der Waals surface area contributed by atoms with E-state index in [0.717, 1.165) is 12.2 Å². The Labute approximate surface area is 120 Å². The Morgan fingerprint density at radius 2 is 2.05 bits per heavy atom. The summed E-state index contributed by atoms with van der Waals surface area (Å²) < 4.78 is 0. The lowest BCUT2D eigenvalue weighted by atomic mass is 9.85. The Morgan fingerprint density at radius 3 is 2.53 bits per heavy atom. The van der Waals surface area contributed by atoms with Crippen LogP contribution in [0.3, 0.4) is 0 Å². The number of amides is 2. The van der Waals surface area contributed by atoms with Crippen LogP contribution in [0.15, 0.2) is 0 Å². The van der Waals surface area contributed by atoms with Crippen molar-refractivity contribution in [2.24, 2.45) is 5.41 Å². The fourth-order valence-corrected chi connectivity index (χ4v) is 3.16. The first kappa shape index (κ1) is 16.3. The molecule has 1 fully saturated rings. The average Bonchev–Trinajstić information content (AvgIpc) is 2.46. The van der Waals surface area contributed by atoms with Crippen LogP contribution in [-0.4, -0.2) is 47.4 Å². The van der Waals surface area contributed by atoms with Gasteiger partial charge in [0.15, 0.2) is 0 Å². The topological polar surface area (TPSA) is 49.4 Å². The maximum absolute atomic E-state index is 12.7. The normalized spacial score (nSPS) is 23.0. The standard InChI is InChI=1S/C14H26N2O2S/c1-6-10(9-19-5)16-8-7-11(17)15-12(13(16)18)14(2,3)4/h10,12H,6-9H2,1-5H3,(H,15,17). The van der Waals surface area contributed by atoms with Crippen LogP contribution in [0.5, 0.6) is 0 Å². The highest BCUT2D eigenvalue weighted by Gasteiger charge is 2.39. The first-order valence-corrected chi connectivity index (χ1v) is 8.29. The molecule has 0 aromatic rings. The summed E-state index contributed by atoms with van der Waals surface area (Å²) in [5, 5.41) is 2.88. The summed E-state index contributed by atoms with van der Waals surface area (Å²) >= 11 is 1.75. The van der Waals surface area contributed by atoms with Crippen molar-refractivity contribution >= 4 is 23.6 Å². The summed E-state index contributed by atoms with van der Waals surface area (Å²) in [6.07, 6.45) is 3.39. The Bertz CT molecular complexity index is 339. The molecule has 4 nitrogen and oxygen atoms in total. The third-order valence-electron chi connectivity index (χ3n) is 3.55. The van der Waals surface area contributed by atoms with Gasteiger partial charge in [-0.15, -0.1) is 0 Å². The monoisotopic (exact) mass is 286 g/mol. The smallest absolute Gasteiger partial charge is 0.245 e. The maximum Gasteiger partial charge on any atom is 0.245 e. The Kier molecular flexibility index (Phi) is 5.71. The Balaban J connectivity index is 2.98. The maximum atomic E-state index is 12.7. The first-order valence-electron chi connectivity index (χ1n) is 6.90. The van der Waals surface area contributed by atoms with Crippen molar-refractivity contribution in [3.05, 3.63) is 0 Å². The second kappa shape index (κ2) is 6.64. The molecule has 1 heterocycles. The Morgan fingerprint density at radius 1 is 1.42 bits per heavy atom. The number of hydrogen-bond acceptors (Lipinski definition) is 3. The number of carbonyl (C=O) groups excluding carboxylic acids is 2. The van der Waals surface area contributed by atoms with Crippen molar-refractivity contribution in [3.63, 3.8) is 0 Å². The van der Waals surface area contributed by atoms with E-state index in [4.69, 9.17) is 0 Å². The van der Waals surface area contributed by atoms with E-state index in [0.29, 0.717) is 13.0 Å². The molecule has 2 amide bonds. The summed E-state index contributed by atoms with van der Waals surface area (Å²) in [5.41, 5.74) is -0.257. The number of nitrogens with one attached hydrogen (secondary N) is 1. The number of nitrogens with zero attached hydrogens (tertiary/aromatic N) is 1. The van der Waals surface area contributed by atoms with E-state index in [9.17, 15) is 9.59 Å². The molecule has 19 heavy (non-hydrogen) atoms. The molecule has 110 valence electrons. The molecule has 2 atom stereocenters. The molecule has 0 aliphatic carbocycles. The van der Waals surface area contributed by atoms with Crippen molar-refractivity contribution in [2.45, 2.75) is 52.6 Å². The molecule has 0 radical (unpaired) electrons. The molecule has 2 unspecified atom stereocenters. The lowest BCUT2D eigenvalue weighted by Crippen LogP contribution is -2.54. The van der Waals surface area contributed by atoms with E-state index >= 15 is 0 Å². The third kappa shape index (κ3) is 4.13. The molecule has 5 heteroatoms. The first-order chi connectivity index (χ1) is 8.81. The number of rotatable bonds is 4. The van der Waals surface area contributed by atoms with E-state index < -0.39 is 6.04 Å². The quantitative estimate of drug-likeness (QED) is 0.858. The van der Waals surface area contributed by atoms with Crippen LogP contribution in [0.2, 0.25) is 0 Å². The highest BCUT2D eigenvalue weighted by atomic mass is 32.2. The fourth-order valence-electron chi connectivity index (χ4n) is 2.36. The summed E-state index contributed by atoms with van der Waals surface area (Å²) in [4.78, 5) is 26.4. The van der Waals surface area contributed by atoms with Gasteiger partial charge in [0.25, 0.3) is 0 Å². The zero-order valence-corrected chi connectivity index (χ0v) is 13.5. The van der Waals surface area contributed by atoms with E-state index in [1.807, 2.05) is 25.7 Å². The van der Waals surface area contributed by atoms with Crippen LogP contribution in [0, 0.1) is 5.41 Å². The molecule has 0 saturated carbocycles. The fraction of sp³-hybridized carbons (Fsp3) is 0.857. The molecule has 0 bridgehead atoms. The van der Waals surface area contributed by atoms with Gasteiger partial charge in [0, 0.05) is 24.8 Å². The van der Waals surface area contributed by atoms with Crippen LogP contribution in [-0.2, 0) is 9.59 Å². The summed E-state index contributed by atoms with van der Waals surface area (Å²) in [7, 11) is 0. The Hall–Kier alpha value is -0.710. The lowest BCUT2D eigenvalue weighted by molar-refractivity contribution is -0.138. The minimum atomic E-state index is -0.418. The van der Waals surface area contributed by atoms with Crippen LogP contribution in [0.1, 0.15) is 40.5 Å². The van der Waals surface area contributed by atoms with Gasteiger partial charge in [-0.25, -0.2) is 0 Å². The molecule has 1 N–H and O–H groups in total. The highest BCUT2D eigenvalue weighted by molar-refractivity contribution is 7.98. The lowest BCUT2D eigenvalue weighted by Gasteiger charge is -2.36. The summed E-state index contributed by atoms with van der Waals surface area (Å²) in [6.45, 7) is 8.62. The molecular formula is C14H26N2O2S. The molecule has 0 spiro atoms. The van der Waals surface area contributed by atoms with Gasteiger partial charge in [0.2, 0.25) is 11.8 Å². The van der Waals surface area contributed by atoms with Crippen molar-refractivity contribution < 1.29 is 9.59 Å². The molecule has 0 aromatic carbocycles. The van der Waals surface area contributed by atoms with Gasteiger partial charge in [0.1, 0.15) is 6.04 Å². The molecule has 1 aliphatic heterocycles. The van der Waals surface area contributed by atoms with E-state index in [2.05, 4.69) is 18.5 Å². The van der Waals surface area contributed by atoms with Gasteiger partial charge in [-0.05, 0) is 18.1 Å². The van der Waals surface area contributed by atoms with Gasteiger partial charge in [-0.2, -0.15) is 11.8 Å². The van der Waals surface area contributed by atoms with Gasteiger partial charge in [-0.1, -0.05) is 27.7 Å². The predicted molar refractivity (Wildman–Crippen MR) is 80.2 cm³/mol. The van der Waals surface area contributed by atoms with Crippen LogP contribution >= 0.6 is 11.8 Å². The highest BCUT2D eigenvalue weighted by Crippen LogP contribution is 2.25. The van der Waals surface area contributed by atoms with Crippen LogP contribution in [0.4, 0.5) is 0 Å². The molecule has 1 rings (SSSR count). The minimum absolute atomic E-state index is 0.0187. The zero-order chi connectivity index (χ0) is 14.6. The van der Waals surface area contributed by atoms with Crippen molar-refractivity contribution in [2.75, 3.05) is 18.6 Å². The van der Waals surface area contributed by atoms with E-state index in [1.54, 1.807) is 11.8 Å². The number of thioether (sulfide) groups is 1. The second-order valence-electron chi connectivity index (χ2n) is 6.17. The van der Waals surface area contributed by atoms with Crippen molar-refractivity contribution in [1.82, 2.24) is 10.2 Å². The number of carbonyl (C=O) groups is 2. The van der Waals surface area contributed by atoms with E-state index in [1.165, 1.54) is 0 Å². The van der Waals surface area contributed by atoms with Gasteiger partial charge in [0.05, 0.1) is 0 Å². The zero-order valence-electron chi connectivity index (χ0n) is 12.7. The molecule has 1 aliphatic rings. The van der Waals surface area contributed by atoms with Crippen LogP contribution < -0.4 is 5.32 Å².